The van der Waals surface area contributed by atoms with Crippen molar-refractivity contribution < 1.29 is 27.5 Å². The number of amides is 2. The minimum Gasteiger partial charge on any atom is -0.456 e. The highest BCUT2D eigenvalue weighted by atomic mass is 32.2. The van der Waals surface area contributed by atoms with E-state index in [9.17, 15) is 22.8 Å². The minimum atomic E-state index is -3.72. The van der Waals surface area contributed by atoms with Crippen molar-refractivity contribution in [2.45, 2.75) is 44.9 Å². The van der Waals surface area contributed by atoms with Crippen LogP contribution in [0.1, 0.15) is 38.3 Å². The fourth-order valence-electron chi connectivity index (χ4n) is 3.08. The van der Waals surface area contributed by atoms with Gasteiger partial charge in [-0.25, -0.2) is 8.42 Å². The van der Waals surface area contributed by atoms with E-state index in [-0.39, 0.29) is 17.2 Å². The predicted molar refractivity (Wildman–Crippen MR) is 122 cm³/mol. The molecule has 2 aromatic carbocycles. The second kappa shape index (κ2) is 11.4. The van der Waals surface area contributed by atoms with Gasteiger partial charge in [0.25, 0.3) is 5.91 Å². The third-order valence-corrected chi connectivity index (χ3v) is 6.47. The summed E-state index contributed by atoms with van der Waals surface area (Å²) in [6.45, 7) is 4.82. The van der Waals surface area contributed by atoms with Crippen molar-refractivity contribution in [3.8, 4) is 0 Å². The Hall–Kier alpha value is -3.20. The zero-order chi connectivity index (χ0) is 23.7. The van der Waals surface area contributed by atoms with Crippen molar-refractivity contribution in [1.82, 2.24) is 0 Å². The number of nitrogens with one attached hydrogen (secondary N) is 2. The van der Waals surface area contributed by atoms with Gasteiger partial charge in [-0.2, -0.15) is 0 Å². The lowest BCUT2D eigenvalue weighted by Crippen LogP contribution is -2.23. The van der Waals surface area contributed by atoms with Crippen LogP contribution >= 0.6 is 0 Å². The average Bonchev–Trinajstić information content (AvgIpc) is 2.76. The summed E-state index contributed by atoms with van der Waals surface area (Å²) in [5.74, 6) is -1.98. The molecule has 172 valence electrons. The summed E-state index contributed by atoms with van der Waals surface area (Å²) in [5.41, 5.74) is 3.17. The number of para-hydroxylation sites is 1. The molecule has 8 nitrogen and oxygen atoms in total. The molecule has 0 spiro atoms. The number of benzene rings is 2. The van der Waals surface area contributed by atoms with Gasteiger partial charge < -0.3 is 15.4 Å². The molecule has 2 N–H and O–H groups in total. The maximum Gasteiger partial charge on any atom is 0.307 e. The molecule has 0 radical (unpaired) electrons. The molecule has 0 saturated carbocycles. The lowest BCUT2D eigenvalue weighted by atomic mass is 10.0. The average molecular weight is 461 g/mol. The van der Waals surface area contributed by atoms with Gasteiger partial charge in [0.05, 0.1) is 17.1 Å². The Balaban J connectivity index is 1.88. The topological polar surface area (TPSA) is 119 Å². The van der Waals surface area contributed by atoms with Crippen LogP contribution in [-0.2, 0) is 41.8 Å². The van der Waals surface area contributed by atoms with Crippen LogP contribution in [0, 0.1) is 0 Å². The molecule has 0 aromatic heterocycles. The van der Waals surface area contributed by atoms with Crippen LogP contribution in [-0.4, -0.2) is 38.6 Å². The second-order valence-electron chi connectivity index (χ2n) is 7.14. The molecule has 9 heteroatoms. The van der Waals surface area contributed by atoms with Crippen molar-refractivity contribution in [3.63, 3.8) is 0 Å². The summed E-state index contributed by atoms with van der Waals surface area (Å²) in [5, 5.41) is 5.34. The van der Waals surface area contributed by atoms with E-state index < -0.39 is 34.1 Å². The summed E-state index contributed by atoms with van der Waals surface area (Å²) >= 11 is 0. The number of ether oxygens (including phenoxy) is 1. The van der Waals surface area contributed by atoms with Crippen molar-refractivity contribution in [2.75, 3.05) is 23.0 Å². The Labute approximate surface area is 188 Å². The Morgan fingerprint density at radius 3 is 2.03 bits per heavy atom. The molecule has 0 aliphatic carbocycles. The van der Waals surface area contributed by atoms with Crippen molar-refractivity contribution in [1.29, 1.82) is 0 Å². The van der Waals surface area contributed by atoms with Crippen LogP contribution in [0.5, 0.6) is 0 Å². The molecule has 0 unspecified atom stereocenters. The minimum absolute atomic E-state index is 0.0282. The standard InChI is InChI=1S/C23H28N2O6S/c1-4-17-7-6-8-18(5-2)23(17)25-21(27)15-31-22(28)13-14-32(29,30)20-11-9-19(10-12-20)24-16(3)26/h6-12H,4-5,13-15H2,1-3H3,(H,24,26)(H,25,27). The number of aryl methyl sites for hydroxylation is 2. The number of hydrogen-bond acceptors (Lipinski definition) is 6. The molecule has 0 fully saturated rings. The van der Waals surface area contributed by atoms with E-state index in [4.69, 9.17) is 4.74 Å². The molecule has 0 aliphatic heterocycles. The fraction of sp³-hybridized carbons (Fsp3) is 0.348. The maximum absolute atomic E-state index is 12.4. The zero-order valence-electron chi connectivity index (χ0n) is 18.4. The van der Waals surface area contributed by atoms with Crippen molar-refractivity contribution >= 4 is 39.0 Å². The summed E-state index contributed by atoms with van der Waals surface area (Å²) in [6, 6.07) is 11.4. The van der Waals surface area contributed by atoms with E-state index in [1.54, 1.807) is 0 Å². The van der Waals surface area contributed by atoms with Crippen molar-refractivity contribution in [2.24, 2.45) is 0 Å². The van der Waals surface area contributed by atoms with Crippen molar-refractivity contribution in [3.05, 3.63) is 53.6 Å². The van der Waals surface area contributed by atoms with Gasteiger partial charge in [-0.05, 0) is 48.2 Å². The number of carbonyl (C=O) groups is 3. The first-order valence-corrected chi connectivity index (χ1v) is 12.0. The van der Waals surface area contributed by atoms with E-state index >= 15 is 0 Å². The summed E-state index contributed by atoms with van der Waals surface area (Å²) in [4.78, 5) is 35.3. The van der Waals surface area contributed by atoms with Gasteiger partial charge >= 0.3 is 5.97 Å². The molecule has 0 bridgehead atoms. The molecule has 0 atom stereocenters. The van der Waals surface area contributed by atoms with E-state index in [0.29, 0.717) is 5.69 Å². The lowest BCUT2D eigenvalue weighted by Gasteiger charge is -2.14. The van der Waals surface area contributed by atoms with Crippen LogP contribution in [0.15, 0.2) is 47.4 Å². The third kappa shape index (κ3) is 7.19. The van der Waals surface area contributed by atoms with Gasteiger partial charge in [-0.3, -0.25) is 14.4 Å². The monoisotopic (exact) mass is 460 g/mol. The number of hydrogen-bond donors (Lipinski definition) is 2. The molecule has 2 aromatic rings. The molecule has 0 aliphatic rings. The molecule has 2 rings (SSSR count). The Bertz CT molecular complexity index is 1060. The van der Waals surface area contributed by atoms with Crippen LogP contribution < -0.4 is 10.6 Å². The van der Waals surface area contributed by atoms with Gasteiger partial charge in [0.1, 0.15) is 0 Å². The number of sulfone groups is 1. The normalized spacial score (nSPS) is 11.0. The molecule has 32 heavy (non-hydrogen) atoms. The van der Waals surface area contributed by atoms with Gasteiger partial charge in [0.2, 0.25) is 5.91 Å². The predicted octanol–water partition coefficient (Wildman–Crippen LogP) is 3.12. The summed E-state index contributed by atoms with van der Waals surface area (Å²) < 4.78 is 29.8. The zero-order valence-corrected chi connectivity index (χ0v) is 19.3. The van der Waals surface area contributed by atoms with E-state index in [1.807, 2.05) is 32.0 Å². The molecular formula is C23H28N2O6S. The van der Waals surface area contributed by atoms with Gasteiger partial charge in [0.15, 0.2) is 16.4 Å². The van der Waals surface area contributed by atoms with E-state index in [0.717, 1.165) is 29.7 Å². The largest absolute Gasteiger partial charge is 0.456 e. The summed E-state index contributed by atoms with van der Waals surface area (Å²) in [6.07, 6.45) is 1.11. The molecule has 0 heterocycles. The van der Waals surface area contributed by atoms with Gasteiger partial charge in [-0.15, -0.1) is 0 Å². The highest BCUT2D eigenvalue weighted by molar-refractivity contribution is 7.91. The first-order chi connectivity index (χ1) is 15.2. The number of carbonyl (C=O) groups excluding carboxylic acids is 3. The first-order valence-electron chi connectivity index (χ1n) is 10.3. The Morgan fingerprint density at radius 1 is 0.906 bits per heavy atom. The highest BCUT2D eigenvalue weighted by Crippen LogP contribution is 2.22. The fourth-order valence-corrected chi connectivity index (χ4v) is 4.30. The van der Waals surface area contributed by atoms with Crippen LogP contribution in [0.25, 0.3) is 0 Å². The molecule has 0 saturated heterocycles. The number of esters is 1. The highest BCUT2D eigenvalue weighted by Gasteiger charge is 2.18. The van der Waals surface area contributed by atoms with Crippen LogP contribution in [0.4, 0.5) is 11.4 Å². The Morgan fingerprint density at radius 2 is 1.50 bits per heavy atom. The molecular weight excluding hydrogens is 432 g/mol. The van der Waals surface area contributed by atoms with E-state index in [2.05, 4.69) is 10.6 Å². The summed E-state index contributed by atoms with van der Waals surface area (Å²) in [7, 11) is -3.72. The SMILES string of the molecule is CCc1cccc(CC)c1NC(=O)COC(=O)CCS(=O)(=O)c1ccc(NC(C)=O)cc1. The smallest absolute Gasteiger partial charge is 0.307 e. The van der Waals surface area contributed by atoms with Crippen LogP contribution in [0.3, 0.4) is 0 Å². The number of anilines is 2. The quantitative estimate of drug-likeness (QED) is 0.526. The van der Waals surface area contributed by atoms with Gasteiger partial charge in [0, 0.05) is 18.3 Å². The number of rotatable bonds is 10. The molecule has 2 amide bonds. The Kier molecular flexibility index (Phi) is 8.95. The van der Waals surface area contributed by atoms with Crippen LogP contribution in [0.2, 0.25) is 0 Å². The lowest BCUT2D eigenvalue weighted by molar-refractivity contribution is -0.146. The maximum atomic E-state index is 12.4. The van der Waals surface area contributed by atoms with E-state index in [1.165, 1.54) is 31.2 Å². The third-order valence-electron chi connectivity index (χ3n) is 4.74. The second-order valence-corrected chi connectivity index (χ2v) is 9.25. The first kappa shape index (κ1) is 25.1. The van der Waals surface area contributed by atoms with Gasteiger partial charge in [-0.1, -0.05) is 32.0 Å².